The van der Waals surface area contributed by atoms with E-state index in [1.807, 2.05) is 74.5 Å². The van der Waals surface area contributed by atoms with E-state index in [4.69, 9.17) is 28.2 Å². The van der Waals surface area contributed by atoms with Crippen LogP contribution in [-0.4, -0.2) is 26.9 Å². The summed E-state index contributed by atoms with van der Waals surface area (Å²) in [5, 5.41) is 1.59. The van der Waals surface area contributed by atoms with Crippen molar-refractivity contribution in [3.8, 4) is 5.69 Å². The summed E-state index contributed by atoms with van der Waals surface area (Å²) in [6, 6.07) is 29.0. The smallest absolute Gasteiger partial charge is 0.266 e. The topological polar surface area (TPSA) is 55.2 Å². The zero-order valence-electron chi connectivity index (χ0n) is 21.6. The fourth-order valence-electron chi connectivity index (χ4n) is 4.76. The highest BCUT2D eigenvalue weighted by atomic mass is 35.5. The zero-order valence-corrected chi connectivity index (χ0v) is 23.2. The fourth-order valence-corrected chi connectivity index (χ4v) is 5.06. The van der Waals surface area contributed by atoms with E-state index < -0.39 is 6.04 Å². The van der Waals surface area contributed by atoms with Gasteiger partial charge < -0.3 is 4.90 Å². The molecule has 196 valence electrons. The van der Waals surface area contributed by atoms with E-state index in [1.54, 1.807) is 45.9 Å². The van der Waals surface area contributed by atoms with Crippen LogP contribution in [0.1, 0.15) is 40.3 Å². The molecule has 1 aromatic heterocycles. The first-order valence-electron chi connectivity index (χ1n) is 12.7. The number of para-hydroxylation sites is 1. The van der Waals surface area contributed by atoms with Gasteiger partial charge in [0, 0.05) is 22.2 Å². The van der Waals surface area contributed by atoms with E-state index in [0.29, 0.717) is 51.0 Å². The highest BCUT2D eigenvalue weighted by Gasteiger charge is 2.28. The number of amides is 1. The Kier molecular flexibility index (Phi) is 7.82. The van der Waals surface area contributed by atoms with Crippen molar-refractivity contribution in [2.45, 2.75) is 26.3 Å². The first-order chi connectivity index (χ1) is 18.8. The number of fused-ring (bicyclic) bond motifs is 1. The molecule has 1 atom stereocenters. The highest BCUT2D eigenvalue weighted by Crippen LogP contribution is 2.28. The van der Waals surface area contributed by atoms with Gasteiger partial charge in [0.25, 0.3) is 11.5 Å². The Morgan fingerprint density at radius 2 is 1.59 bits per heavy atom. The number of rotatable bonds is 7. The van der Waals surface area contributed by atoms with E-state index in [0.717, 1.165) is 11.1 Å². The van der Waals surface area contributed by atoms with Crippen molar-refractivity contribution >= 4 is 40.0 Å². The zero-order chi connectivity index (χ0) is 27.5. The Hall–Kier alpha value is -3.93. The van der Waals surface area contributed by atoms with Crippen LogP contribution in [0, 0.1) is 6.92 Å². The molecule has 1 amide bonds. The van der Waals surface area contributed by atoms with E-state index in [-0.39, 0.29) is 11.5 Å². The standard InChI is InChI=1S/C32H27Cl2N3O2/c1-21-27(34)12-8-14-29(21)37-30(35-28-13-7-6-11-26(28)32(37)39)22(2)36(20-19-23-9-4-3-5-10-23)31(38)24-15-17-25(33)18-16-24/h3-18,22H,19-20H2,1-2H3. The van der Waals surface area contributed by atoms with E-state index >= 15 is 0 Å². The van der Waals surface area contributed by atoms with Gasteiger partial charge in [-0.1, -0.05) is 71.7 Å². The molecule has 0 spiro atoms. The lowest BCUT2D eigenvalue weighted by Gasteiger charge is -2.31. The third-order valence-electron chi connectivity index (χ3n) is 6.96. The van der Waals surface area contributed by atoms with E-state index in [2.05, 4.69) is 0 Å². The predicted molar refractivity (Wildman–Crippen MR) is 158 cm³/mol. The molecule has 7 heteroatoms. The molecule has 0 saturated heterocycles. The molecular formula is C32H27Cl2N3O2. The second-order valence-corrected chi connectivity index (χ2v) is 10.3. The van der Waals surface area contributed by atoms with Crippen LogP contribution < -0.4 is 5.56 Å². The van der Waals surface area contributed by atoms with Crippen molar-refractivity contribution in [3.05, 3.63) is 140 Å². The minimum absolute atomic E-state index is 0.174. The second-order valence-electron chi connectivity index (χ2n) is 9.43. The summed E-state index contributed by atoms with van der Waals surface area (Å²) in [7, 11) is 0. The van der Waals surface area contributed by atoms with Gasteiger partial charge in [-0.25, -0.2) is 4.98 Å². The summed E-state index contributed by atoms with van der Waals surface area (Å²) >= 11 is 12.6. The van der Waals surface area contributed by atoms with Crippen LogP contribution in [0.5, 0.6) is 0 Å². The molecule has 0 saturated carbocycles. The van der Waals surface area contributed by atoms with Gasteiger partial charge >= 0.3 is 0 Å². The molecule has 5 aromatic rings. The molecular weight excluding hydrogens is 529 g/mol. The molecule has 5 rings (SSSR count). The number of halogens is 2. The highest BCUT2D eigenvalue weighted by molar-refractivity contribution is 6.31. The summed E-state index contributed by atoms with van der Waals surface area (Å²) in [5.74, 6) is 0.284. The van der Waals surface area contributed by atoms with Crippen LogP contribution in [-0.2, 0) is 6.42 Å². The number of hydrogen-bond acceptors (Lipinski definition) is 3. The van der Waals surface area contributed by atoms with Gasteiger partial charge in [0.05, 0.1) is 22.6 Å². The third kappa shape index (κ3) is 5.47. The number of benzene rings is 4. The third-order valence-corrected chi connectivity index (χ3v) is 7.62. The lowest BCUT2D eigenvalue weighted by atomic mass is 10.1. The maximum atomic E-state index is 14.0. The van der Waals surface area contributed by atoms with Gasteiger partial charge in [-0.2, -0.15) is 0 Å². The van der Waals surface area contributed by atoms with Crippen molar-refractivity contribution in [2.75, 3.05) is 6.54 Å². The minimum Gasteiger partial charge on any atom is -0.328 e. The normalized spacial score (nSPS) is 11.9. The quantitative estimate of drug-likeness (QED) is 0.209. The van der Waals surface area contributed by atoms with E-state index in [1.165, 1.54) is 0 Å². The summed E-state index contributed by atoms with van der Waals surface area (Å²) in [6.07, 6.45) is 0.637. The van der Waals surface area contributed by atoms with Crippen LogP contribution in [0.4, 0.5) is 0 Å². The molecule has 39 heavy (non-hydrogen) atoms. The molecule has 0 aliphatic heterocycles. The maximum absolute atomic E-state index is 14.0. The lowest BCUT2D eigenvalue weighted by molar-refractivity contribution is 0.0683. The van der Waals surface area contributed by atoms with Crippen molar-refractivity contribution < 1.29 is 4.79 Å². The second kappa shape index (κ2) is 11.4. The van der Waals surface area contributed by atoms with Gasteiger partial charge in [-0.05, 0) is 79.9 Å². The SMILES string of the molecule is Cc1c(Cl)cccc1-n1c(C(C)N(CCc2ccccc2)C(=O)c2ccc(Cl)cc2)nc2ccccc2c1=O. The number of aromatic nitrogens is 2. The molecule has 0 radical (unpaired) electrons. The predicted octanol–water partition coefficient (Wildman–Crippen LogP) is 7.45. The number of carbonyl (C=O) groups is 1. The Balaban J connectivity index is 1.68. The number of carbonyl (C=O) groups excluding carboxylic acids is 1. The molecule has 1 heterocycles. The van der Waals surface area contributed by atoms with Crippen LogP contribution >= 0.6 is 23.2 Å². The van der Waals surface area contributed by atoms with Gasteiger partial charge in [-0.15, -0.1) is 0 Å². The Labute approximate surface area is 237 Å². The average molecular weight is 556 g/mol. The average Bonchev–Trinajstić information content (AvgIpc) is 2.95. The molecule has 5 nitrogen and oxygen atoms in total. The van der Waals surface area contributed by atoms with Gasteiger partial charge in [0.15, 0.2) is 0 Å². The van der Waals surface area contributed by atoms with Gasteiger partial charge in [0.2, 0.25) is 0 Å². The van der Waals surface area contributed by atoms with Crippen molar-refractivity contribution in [1.29, 1.82) is 0 Å². The van der Waals surface area contributed by atoms with Crippen molar-refractivity contribution in [1.82, 2.24) is 14.5 Å². The van der Waals surface area contributed by atoms with Crippen molar-refractivity contribution in [3.63, 3.8) is 0 Å². The first kappa shape index (κ1) is 26.7. The van der Waals surface area contributed by atoms with Gasteiger partial charge in [0.1, 0.15) is 5.82 Å². The molecule has 0 fully saturated rings. The summed E-state index contributed by atoms with van der Waals surface area (Å²) in [6.45, 7) is 4.20. The summed E-state index contributed by atoms with van der Waals surface area (Å²) in [5.41, 5.74) is 3.36. The number of nitrogens with zero attached hydrogens (tertiary/aromatic N) is 3. The molecule has 1 unspecified atom stereocenters. The first-order valence-corrected chi connectivity index (χ1v) is 13.5. The molecule has 0 aliphatic rings. The Morgan fingerprint density at radius 3 is 2.33 bits per heavy atom. The Bertz CT molecular complexity index is 1700. The molecule has 0 N–H and O–H groups in total. The molecule has 4 aromatic carbocycles. The maximum Gasteiger partial charge on any atom is 0.266 e. The lowest BCUT2D eigenvalue weighted by Crippen LogP contribution is -2.38. The summed E-state index contributed by atoms with van der Waals surface area (Å²) in [4.78, 5) is 34.6. The number of hydrogen-bond donors (Lipinski definition) is 0. The molecule has 0 bridgehead atoms. The van der Waals surface area contributed by atoms with Crippen LogP contribution in [0.2, 0.25) is 10.0 Å². The molecule has 0 aliphatic carbocycles. The minimum atomic E-state index is -0.549. The Morgan fingerprint density at radius 1 is 0.897 bits per heavy atom. The fraction of sp³-hybridized carbons (Fsp3) is 0.156. The van der Waals surface area contributed by atoms with Crippen LogP contribution in [0.15, 0.2) is 102 Å². The van der Waals surface area contributed by atoms with Crippen LogP contribution in [0.3, 0.4) is 0 Å². The monoisotopic (exact) mass is 555 g/mol. The summed E-state index contributed by atoms with van der Waals surface area (Å²) < 4.78 is 1.60. The van der Waals surface area contributed by atoms with Crippen molar-refractivity contribution in [2.24, 2.45) is 0 Å². The largest absolute Gasteiger partial charge is 0.328 e. The van der Waals surface area contributed by atoms with E-state index in [9.17, 15) is 9.59 Å². The van der Waals surface area contributed by atoms with Gasteiger partial charge in [-0.3, -0.25) is 14.2 Å². The van der Waals surface area contributed by atoms with Crippen LogP contribution in [0.25, 0.3) is 16.6 Å².